The highest BCUT2D eigenvalue weighted by molar-refractivity contribution is 7.99. The topological polar surface area (TPSA) is 53.5 Å². The van der Waals surface area contributed by atoms with Crippen molar-refractivity contribution in [1.82, 2.24) is 5.43 Å². The Hall–Kier alpha value is -3.38. The molecular weight excluding hydrogens is 469 g/mol. The van der Waals surface area contributed by atoms with E-state index in [2.05, 4.69) is 52.3 Å². The molecule has 1 heterocycles. The summed E-state index contributed by atoms with van der Waals surface area (Å²) < 4.78 is 13.5. The summed E-state index contributed by atoms with van der Waals surface area (Å²) in [6.07, 6.45) is 5.50. The fourth-order valence-electron chi connectivity index (χ4n) is 4.99. The second kappa shape index (κ2) is 10.7. The second-order valence-electron chi connectivity index (χ2n) is 9.44. The van der Waals surface area contributed by atoms with Crippen molar-refractivity contribution in [2.75, 3.05) is 5.32 Å². The van der Waals surface area contributed by atoms with Crippen LogP contribution in [0.4, 0.5) is 10.1 Å². The molecule has 6 heteroatoms. The summed E-state index contributed by atoms with van der Waals surface area (Å²) in [7, 11) is 0. The second-order valence-corrected chi connectivity index (χ2v) is 10.8. The minimum atomic E-state index is -0.216. The van der Waals surface area contributed by atoms with E-state index >= 15 is 0 Å². The van der Waals surface area contributed by atoms with E-state index in [1.807, 2.05) is 50.2 Å². The Kier molecular flexibility index (Phi) is 7.23. The zero-order chi connectivity index (χ0) is 25.1. The van der Waals surface area contributed by atoms with Crippen LogP contribution < -0.4 is 10.7 Å². The van der Waals surface area contributed by atoms with Gasteiger partial charge in [0.15, 0.2) is 0 Å². The van der Waals surface area contributed by atoms with Gasteiger partial charge in [-0.05, 0) is 72.7 Å². The van der Waals surface area contributed by atoms with Gasteiger partial charge in [0.2, 0.25) is 0 Å². The molecule has 0 radical (unpaired) electrons. The van der Waals surface area contributed by atoms with Gasteiger partial charge < -0.3 is 5.32 Å². The first-order chi connectivity index (χ1) is 17.5. The van der Waals surface area contributed by atoms with Crippen LogP contribution in [0.15, 0.2) is 90.0 Å². The number of carbonyl (C=O) groups is 1. The van der Waals surface area contributed by atoms with E-state index < -0.39 is 0 Å². The first kappa shape index (κ1) is 24.3. The van der Waals surface area contributed by atoms with E-state index in [-0.39, 0.29) is 28.9 Å². The highest BCUT2D eigenvalue weighted by Gasteiger charge is 2.38. The largest absolute Gasteiger partial charge is 0.378 e. The van der Waals surface area contributed by atoms with Crippen LogP contribution in [0.5, 0.6) is 0 Å². The molecule has 4 atom stereocenters. The van der Waals surface area contributed by atoms with Crippen LogP contribution in [0.1, 0.15) is 54.5 Å². The maximum Gasteiger partial charge on any atom is 0.252 e. The molecule has 1 aliphatic heterocycles. The number of allylic oxidation sites excluding steroid dienone is 2. The van der Waals surface area contributed by atoms with Gasteiger partial charge in [-0.25, -0.2) is 9.82 Å². The molecule has 1 aliphatic carbocycles. The monoisotopic (exact) mass is 499 g/mol. The highest BCUT2D eigenvalue weighted by Crippen LogP contribution is 2.49. The molecule has 1 amide bonds. The first-order valence-corrected chi connectivity index (χ1v) is 13.4. The number of amides is 1. The van der Waals surface area contributed by atoms with Gasteiger partial charge in [0.25, 0.3) is 5.91 Å². The van der Waals surface area contributed by atoms with E-state index in [1.165, 1.54) is 23.3 Å². The zero-order valence-corrected chi connectivity index (χ0v) is 21.3. The minimum absolute atomic E-state index is 0.101. The molecule has 0 fully saturated rings. The number of hydrazone groups is 1. The lowest BCUT2D eigenvalue weighted by Crippen LogP contribution is -2.29. The molecule has 2 aliphatic rings. The van der Waals surface area contributed by atoms with Crippen molar-refractivity contribution in [1.29, 1.82) is 0 Å². The molecule has 36 heavy (non-hydrogen) atoms. The quantitative estimate of drug-likeness (QED) is 0.213. The summed E-state index contributed by atoms with van der Waals surface area (Å²) in [4.78, 5) is 12.6. The van der Waals surface area contributed by atoms with E-state index in [0.29, 0.717) is 5.92 Å². The van der Waals surface area contributed by atoms with Gasteiger partial charge in [-0.15, -0.1) is 11.8 Å². The minimum Gasteiger partial charge on any atom is -0.378 e. The van der Waals surface area contributed by atoms with Crippen LogP contribution in [0.3, 0.4) is 0 Å². The lowest BCUT2D eigenvalue weighted by Gasteiger charge is -2.37. The average Bonchev–Trinajstić information content (AvgIpc) is 3.41. The predicted octanol–water partition coefficient (Wildman–Crippen LogP) is 6.81. The standard InChI is InChI=1S/C30H30FN3OS/c1-19(33-34-30(35)20(2)36-18-21-7-4-3-5-8-21)23-13-16-28-27(17-23)25-9-6-10-26(25)29(32-28)22-11-14-24(31)15-12-22/h3-9,11-17,20,25-26,29,32H,10,18H2,1-2H3,(H,34,35)/b33-19-/t20-,25-,26+,29+/m1/s1. The van der Waals surface area contributed by atoms with Crippen molar-refractivity contribution in [2.45, 2.75) is 43.2 Å². The van der Waals surface area contributed by atoms with E-state index in [9.17, 15) is 9.18 Å². The summed E-state index contributed by atoms with van der Waals surface area (Å²) in [5.41, 5.74) is 9.12. The lowest BCUT2D eigenvalue weighted by atomic mass is 9.76. The number of benzene rings is 3. The fraction of sp³-hybridized carbons (Fsp3) is 0.267. The Morgan fingerprint density at radius 2 is 1.92 bits per heavy atom. The van der Waals surface area contributed by atoms with E-state index in [1.54, 1.807) is 11.8 Å². The molecule has 2 N–H and O–H groups in total. The number of nitrogens with zero attached hydrogens (tertiary/aromatic N) is 1. The van der Waals surface area contributed by atoms with Gasteiger partial charge in [-0.2, -0.15) is 5.10 Å². The molecule has 4 nitrogen and oxygen atoms in total. The first-order valence-electron chi connectivity index (χ1n) is 12.3. The Bertz CT molecular complexity index is 1290. The third kappa shape index (κ3) is 5.24. The van der Waals surface area contributed by atoms with Crippen molar-refractivity contribution in [3.8, 4) is 0 Å². The van der Waals surface area contributed by atoms with Crippen LogP contribution in [0, 0.1) is 11.7 Å². The van der Waals surface area contributed by atoms with Gasteiger partial charge in [0, 0.05) is 17.4 Å². The van der Waals surface area contributed by atoms with Crippen LogP contribution in [-0.2, 0) is 10.5 Å². The molecule has 0 saturated heterocycles. The summed E-state index contributed by atoms with van der Waals surface area (Å²) in [5, 5.41) is 7.89. The number of rotatable bonds is 7. The highest BCUT2D eigenvalue weighted by atomic mass is 32.2. The predicted molar refractivity (Wildman–Crippen MR) is 147 cm³/mol. The molecule has 5 rings (SSSR count). The van der Waals surface area contributed by atoms with Crippen molar-refractivity contribution in [3.63, 3.8) is 0 Å². The van der Waals surface area contributed by atoms with Gasteiger partial charge >= 0.3 is 0 Å². The lowest BCUT2D eigenvalue weighted by molar-refractivity contribution is -0.120. The van der Waals surface area contributed by atoms with Crippen LogP contribution in [0.25, 0.3) is 0 Å². The number of nitrogens with one attached hydrogen (secondary N) is 2. The molecule has 3 aromatic rings. The van der Waals surface area contributed by atoms with Crippen molar-refractivity contribution in [2.24, 2.45) is 11.0 Å². The normalized spacial score (nSPS) is 21.3. The van der Waals surface area contributed by atoms with Crippen molar-refractivity contribution >= 4 is 29.1 Å². The fourth-order valence-corrected chi connectivity index (χ4v) is 5.82. The average molecular weight is 500 g/mol. The SMILES string of the molecule is C/C(=N/NC(=O)[C@@H](C)SCc1ccccc1)c1ccc2c(c1)[C@@H]1C=CC[C@@H]1[C@H](c1ccc(F)cc1)N2. The van der Waals surface area contributed by atoms with Gasteiger partial charge in [-0.3, -0.25) is 4.79 Å². The summed E-state index contributed by atoms with van der Waals surface area (Å²) in [5.74, 6) is 1.12. The Labute approximate surface area is 216 Å². The van der Waals surface area contributed by atoms with E-state index in [4.69, 9.17) is 0 Å². The smallest absolute Gasteiger partial charge is 0.252 e. The summed E-state index contributed by atoms with van der Waals surface area (Å²) in [6.45, 7) is 3.83. The molecule has 3 aromatic carbocycles. The number of thioether (sulfide) groups is 1. The number of anilines is 1. The van der Waals surface area contributed by atoms with Gasteiger partial charge in [0.05, 0.1) is 17.0 Å². The number of fused-ring (bicyclic) bond motifs is 3. The third-order valence-corrected chi connectivity index (χ3v) is 8.27. The van der Waals surface area contributed by atoms with Gasteiger partial charge in [-0.1, -0.05) is 60.7 Å². The number of hydrogen-bond donors (Lipinski definition) is 2. The van der Waals surface area contributed by atoms with Crippen LogP contribution >= 0.6 is 11.8 Å². The molecule has 0 aromatic heterocycles. The van der Waals surface area contributed by atoms with Crippen LogP contribution in [-0.4, -0.2) is 16.9 Å². The van der Waals surface area contributed by atoms with Gasteiger partial charge in [0.1, 0.15) is 5.82 Å². The molecule has 0 spiro atoms. The Balaban J connectivity index is 1.27. The third-order valence-electron chi connectivity index (χ3n) is 7.06. The molecular formula is C30H30FN3OS. The van der Waals surface area contributed by atoms with Crippen LogP contribution in [0.2, 0.25) is 0 Å². The summed E-state index contributed by atoms with van der Waals surface area (Å²) in [6, 6.07) is 23.4. The molecule has 0 saturated carbocycles. The number of carbonyl (C=O) groups excluding carboxylic acids is 1. The van der Waals surface area contributed by atoms with Crippen molar-refractivity contribution < 1.29 is 9.18 Å². The number of halogens is 1. The summed E-state index contributed by atoms with van der Waals surface area (Å²) >= 11 is 1.60. The Morgan fingerprint density at radius 3 is 2.69 bits per heavy atom. The number of hydrogen-bond acceptors (Lipinski definition) is 4. The van der Waals surface area contributed by atoms with Crippen molar-refractivity contribution in [3.05, 3.63) is 113 Å². The maximum atomic E-state index is 13.5. The maximum absolute atomic E-state index is 13.5. The molecule has 0 bridgehead atoms. The van der Waals surface area contributed by atoms with E-state index in [0.717, 1.165) is 34.7 Å². The Morgan fingerprint density at radius 1 is 1.14 bits per heavy atom. The molecule has 184 valence electrons. The molecule has 0 unspecified atom stereocenters. The zero-order valence-electron chi connectivity index (χ0n) is 20.4.